The molecule has 0 amide bonds. The lowest BCUT2D eigenvalue weighted by atomic mass is 9.80. The minimum atomic E-state index is -1.07. The van der Waals surface area contributed by atoms with Crippen LogP contribution in [0.4, 0.5) is 0 Å². The predicted octanol–water partition coefficient (Wildman–Crippen LogP) is 0.472. The third-order valence-corrected chi connectivity index (χ3v) is 3.73. The second kappa shape index (κ2) is 4.37. The Morgan fingerprint density at radius 1 is 1.39 bits per heavy atom. The number of nitrogens with zero attached hydrogens (tertiary/aromatic N) is 2. The van der Waals surface area contributed by atoms with E-state index in [4.69, 9.17) is 4.65 Å². The van der Waals surface area contributed by atoms with E-state index in [1.54, 1.807) is 40.0 Å². The summed E-state index contributed by atoms with van der Waals surface area (Å²) in [4.78, 5) is 0. The molecule has 1 fully saturated rings. The lowest BCUT2D eigenvalue weighted by Crippen LogP contribution is -2.54. The van der Waals surface area contributed by atoms with E-state index in [-0.39, 0.29) is 0 Å². The molecule has 0 spiro atoms. The van der Waals surface area contributed by atoms with Gasteiger partial charge in [0.05, 0.1) is 22.8 Å². The number of hydrogen-bond donors (Lipinski definition) is 2. The van der Waals surface area contributed by atoms with E-state index in [1.165, 1.54) is 0 Å². The van der Waals surface area contributed by atoms with Crippen molar-refractivity contribution in [1.29, 1.82) is 0 Å². The molecular formula is C12H21BN2O3. The molecule has 0 aromatic carbocycles. The minimum absolute atomic E-state index is 0.387. The van der Waals surface area contributed by atoms with Gasteiger partial charge in [0.1, 0.15) is 0 Å². The molecule has 0 atom stereocenters. The van der Waals surface area contributed by atoms with Gasteiger partial charge in [0.2, 0.25) is 0 Å². The van der Waals surface area contributed by atoms with Gasteiger partial charge in [0.25, 0.3) is 0 Å². The largest absolute Gasteiger partial charge is 0.511 e. The zero-order valence-electron chi connectivity index (χ0n) is 11.4. The summed E-state index contributed by atoms with van der Waals surface area (Å²) < 4.78 is 7.42. The van der Waals surface area contributed by atoms with Gasteiger partial charge in [-0.1, -0.05) is 0 Å². The quantitative estimate of drug-likeness (QED) is 0.747. The Morgan fingerprint density at radius 2 is 2.00 bits per heavy atom. The molecule has 1 aromatic rings. The maximum Gasteiger partial charge on any atom is 0.511 e. The van der Waals surface area contributed by atoms with Gasteiger partial charge in [-0.3, -0.25) is 4.68 Å². The van der Waals surface area contributed by atoms with Crippen LogP contribution in [-0.4, -0.2) is 38.2 Å². The maximum absolute atomic E-state index is 10.2. The fourth-order valence-electron chi connectivity index (χ4n) is 1.63. The third kappa shape index (κ3) is 2.60. The molecule has 0 unspecified atom stereocenters. The molecular weight excluding hydrogens is 231 g/mol. The first-order valence-electron chi connectivity index (χ1n) is 6.34. The number of aliphatic hydroxyl groups is 1. The Bertz CT molecular complexity index is 421. The molecule has 1 heterocycles. The van der Waals surface area contributed by atoms with Gasteiger partial charge in [-0.05, 0) is 46.6 Å². The first-order chi connectivity index (χ1) is 8.22. The normalized spacial score (nSPS) is 17.0. The van der Waals surface area contributed by atoms with E-state index in [0.29, 0.717) is 11.6 Å². The zero-order chi connectivity index (χ0) is 13.6. The SMILES string of the molecule is CC(C)(O)C(C)(C)OB(O)c1ccnn1C1CC1. The molecule has 2 rings (SSSR count). The Hall–Kier alpha value is -0.845. The van der Waals surface area contributed by atoms with Crippen LogP contribution in [0.2, 0.25) is 0 Å². The van der Waals surface area contributed by atoms with Crippen molar-refractivity contribution in [3.63, 3.8) is 0 Å². The highest BCUT2D eigenvalue weighted by Crippen LogP contribution is 2.33. The molecule has 1 saturated carbocycles. The molecule has 6 heteroatoms. The number of aromatic nitrogens is 2. The Balaban J connectivity index is 2.12. The van der Waals surface area contributed by atoms with E-state index in [1.807, 2.05) is 4.68 Å². The van der Waals surface area contributed by atoms with Crippen molar-refractivity contribution in [3.8, 4) is 0 Å². The van der Waals surface area contributed by atoms with Crippen LogP contribution in [0.3, 0.4) is 0 Å². The van der Waals surface area contributed by atoms with Gasteiger partial charge >= 0.3 is 7.12 Å². The molecule has 5 nitrogen and oxygen atoms in total. The van der Waals surface area contributed by atoms with Crippen molar-refractivity contribution in [2.45, 2.75) is 57.8 Å². The molecule has 1 aliphatic carbocycles. The first-order valence-corrected chi connectivity index (χ1v) is 6.34. The summed E-state index contributed by atoms with van der Waals surface area (Å²) >= 11 is 0. The van der Waals surface area contributed by atoms with Gasteiger partial charge < -0.3 is 14.8 Å². The van der Waals surface area contributed by atoms with Crippen LogP contribution in [0.5, 0.6) is 0 Å². The summed E-state index contributed by atoms with van der Waals surface area (Å²) in [6.07, 6.45) is 3.85. The molecule has 0 radical (unpaired) electrons. The van der Waals surface area contributed by atoms with Crippen molar-refractivity contribution >= 4 is 12.7 Å². The summed E-state index contributed by atoms with van der Waals surface area (Å²) in [5.41, 5.74) is -1.25. The fourth-order valence-corrected chi connectivity index (χ4v) is 1.63. The van der Waals surface area contributed by atoms with Crippen LogP contribution >= 0.6 is 0 Å². The molecule has 100 valence electrons. The van der Waals surface area contributed by atoms with Crippen molar-refractivity contribution in [2.24, 2.45) is 0 Å². The van der Waals surface area contributed by atoms with Gasteiger partial charge in [0.15, 0.2) is 0 Å². The number of hydrogen-bond acceptors (Lipinski definition) is 4. The Kier molecular flexibility index (Phi) is 3.29. The van der Waals surface area contributed by atoms with Crippen LogP contribution in [0, 0.1) is 0 Å². The highest BCUT2D eigenvalue weighted by Gasteiger charge is 2.41. The van der Waals surface area contributed by atoms with Crippen LogP contribution in [0.15, 0.2) is 12.3 Å². The molecule has 1 aliphatic rings. The monoisotopic (exact) mass is 252 g/mol. The summed E-state index contributed by atoms with van der Waals surface area (Å²) in [6, 6.07) is 2.14. The van der Waals surface area contributed by atoms with E-state index >= 15 is 0 Å². The molecule has 0 aliphatic heterocycles. The molecule has 18 heavy (non-hydrogen) atoms. The molecule has 0 saturated heterocycles. The standard InChI is InChI=1S/C12H21BN2O3/c1-11(2,16)12(3,4)18-13(17)10-7-8-14-15(10)9-5-6-9/h7-9,16-17H,5-6H2,1-4H3. The van der Waals surface area contributed by atoms with Crippen molar-refractivity contribution in [1.82, 2.24) is 9.78 Å². The topological polar surface area (TPSA) is 67.5 Å². The van der Waals surface area contributed by atoms with E-state index in [0.717, 1.165) is 12.8 Å². The second-order valence-electron chi connectivity index (χ2n) is 5.97. The summed E-state index contributed by atoms with van der Waals surface area (Å²) in [6.45, 7) is 6.85. The molecule has 1 aromatic heterocycles. The van der Waals surface area contributed by atoms with Gasteiger partial charge in [0, 0.05) is 6.20 Å². The average Bonchev–Trinajstić information content (AvgIpc) is 2.93. The predicted molar refractivity (Wildman–Crippen MR) is 69.6 cm³/mol. The molecule has 0 bridgehead atoms. The Labute approximate surface area is 108 Å². The van der Waals surface area contributed by atoms with Crippen molar-refractivity contribution in [2.75, 3.05) is 0 Å². The highest BCUT2D eigenvalue weighted by molar-refractivity contribution is 6.59. The van der Waals surface area contributed by atoms with Crippen LogP contribution in [0.25, 0.3) is 0 Å². The van der Waals surface area contributed by atoms with E-state index < -0.39 is 18.3 Å². The number of rotatable bonds is 5. The summed E-state index contributed by atoms with van der Waals surface area (Å²) in [5, 5.41) is 24.4. The first kappa shape index (κ1) is 13.6. The minimum Gasteiger partial charge on any atom is -0.422 e. The van der Waals surface area contributed by atoms with Crippen LogP contribution in [0.1, 0.15) is 46.6 Å². The summed E-state index contributed by atoms with van der Waals surface area (Å²) in [7, 11) is -1.07. The van der Waals surface area contributed by atoms with E-state index in [2.05, 4.69) is 5.10 Å². The van der Waals surface area contributed by atoms with Gasteiger partial charge in [-0.15, -0.1) is 0 Å². The lowest BCUT2D eigenvalue weighted by molar-refractivity contribution is -0.0984. The zero-order valence-corrected chi connectivity index (χ0v) is 11.4. The lowest BCUT2D eigenvalue weighted by Gasteiger charge is -2.38. The maximum atomic E-state index is 10.2. The third-order valence-electron chi connectivity index (χ3n) is 3.73. The fraction of sp³-hybridized carbons (Fsp3) is 0.750. The van der Waals surface area contributed by atoms with Crippen molar-refractivity contribution < 1.29 is 14.8 Å². The smallest absolute Gasteiger partial charge is 0.422 e. The molecule has 2 N–H and O–H groups in total. The van der Waals surface area contributed by atoms with Gasteiger partial charge in [-0.2, -0.15) is 5.10 Å². The Morgan fingerprint density at radius 3 is 2.50 bits per heavy atom. The highest BCUT2D eigenvalue weighted by atomic mass is 16.5. The van der Waals surface area contributed by atoms with Crippen molar-refractivity contribution in [3.05, 3.63) is 12.3 Å². The van der Waals surface area contributed by atoms with Gasteiger partial charge in [-0.25, -0.2) is 0 Å². The average molecular weight is 252 g/mol. The summed E-state index contributed by atoms with van der Waals surface area (Å²) in [5.74, 6) is 0. The van der Waals surface area contributed by atoms with E-state index in [9.17, 15) is 10.1 Å². The van der Waals surface area contributed by atoms with Crippen LogP contribution in [-0.2, 0) is 4.65 Å². The van der Waals surface area contributed by atoms with Crippen LogP contribution < -0.4 is 5.59 Å². The second-order valence-corrected chi connectivity index (χ2v) is 5.97.